The minimum absolute atomic E-state index is 0.0270. The highest BCUT2D eigenvalue weighted by molar-refractivity contribution is 7.89. The van der Waals surface area contributed by atoms with E-state index < -0.39 is 10.0 Å². The molecule has 0 aliphatic carbocycles. The van der Waals surface area contributed by atoms with Crippen LogP contribution < -0.4 is 4.90 Å². The lowest BCUT2D eigenvalue weighted by Gasteiger charge is -2.37. The third-order valence-corrected chi connectivity index (χ3v) is 8.01. The van der Waals surface area contributed by atoms with Crippen LogP contribution in [0.3, 0.4) is 0 Å². The Hall–Kier alpha value is -2.27. The number of aromatic nitrogens is 2. The Morgan fingerprint density at radius 3 is 2.19 bits per heavy atom. The molecule has 11 heteroatoms. The summed E-state index contributed by atoms with van der Waals surface area (Å²) in [6, 6.07) is 8.22. The minimum atomic E-state index is -3.67. The Balaban J connectivity index is 1.27. The smallest absolute Gasteiger partial charge is 0.244 e. The van der Waals surface area contributed by atoms with Crippen molar-refractivity contribution in [2.75, 3.05) is 63.8 Å². The maximum atomic E-state index is 12.9. The Kier molecular flexibility index (Phi) is 6.71. The second-order valence-electron chi connectivity index (χ2n) is 7.53. The van der Waals surface area contributed by atoms with Crippen molar-refractivity contribution in [1.29, 1.82) is 0 Å². The Morgan fingerprint density at radius 2 is 1.55 bits per heavy atom. The molecule has 3 heterocycles. The number of piperazine rings is 2. The van der Waals surface area contributed by atoms with Gasteiger partial charge in [-0.25, -0.2) is 18.4 Å². The van der Waals surface area contributed by atoms with E-state index in [0.717, 1.165) is 26.2 Å². The number of nitrogens with zero attached hydrogens (tertiary/aromatic N) is 6. The van der Waals surface area contributed by atoms with Gasteiger partial charge in [-0.3, -0.25) is 9.69 Å². The molecule has 31 heavy (non-hydrogen) atoms. The van der Waals surface area contributed by atoms with E-state index >= 15 is 0 Å². The summed E-state index contributed by atoms with van der Waals surface area (Å²) in [7, 11) is -3.67. The van der Waals surface area contributed by atoms with E-state index in [1.807, 2.05) is 0 Å². The van der Waals surface area contributed by atoms with Gasteiger partial charge in [0.15, 0.2) is 0 Å². The van der Waals surface area contributed by atoms with Crippen molar-refractivity contribution in [2.24, 2.45) is 0 Å². The van der Waals surface area contributed by atoms with Gasteiger partial charge in [0.1, 0.15) is 4.90 Å². The second kappa shape index (κ2) is 9.47. The third-order valence-electron chi connectivity index (χ3n) is 5.61. The molecule has 2 saturated heterocycles. The number of carbonyl (C=O) groups is 1. The van der Waals surface area contributed by atoms with Crippen LogP contribution in [0.2, 0.25) is 5.02 Å². The number of anilines is 1. The van der Waals surface area contributed by atoms with Crippen LogP contribution in [0.25, 0.3) is 0 Å². The average Bonchev–Trinajstić information content (AvgIpc) is 2.80. The Bertz CT molecular complexity index is 1010. The van der Waals surface area contributed by atoms with Gasteiger partial charge < -0.3 is 9.80 Å². The van der Waals surface area contributed by atoms with E-state index in [1.165, 1.54) is 10.4 Å². The van der Waals surface area contributed by atoms with E-state index in [1.54, 1.807) is 41.6 Å². The quantitative estimate of drug-likeness (QED) is 0.646. The van der Waals surface area contributed by atoms with Gasteiger partial charge >= 0.3 is 0 Å². The Morgan fingerprint density at radius 1 is 0.903 bits per heavy atom. The number of rotatable bonds is 5. The normalized spacial score (nSPS) is 18.9. The zero-order valence-electron chi connectivity index (χ0n) is 17.1. The van der Waals surface area contributed by atoms with Gasteiger partial charge in [-0.1, -0.05) is 23.7 Å². The van der Waals surface area contributed by atoms with E-state index in [-0.39, 0.29) is 28.9 Å². The molecule has 0 radical (unpaired) electrons. The number of carbonyl (C=O) groups excluding carboxylic acids is 1. The molecule has 166 valence electrons. The second-order valence-corrected chi connectivity index (χ2v) is 9.84. The van der Waals surface area contributed by atoms with Crippen LogP contribution >= 0.6 is 11.6 Å². The maximum absolute atomic E-state index is 12.9. The summed E-state index contributed by atoms with van der Waals surface area (Å²) in [5.41, 5.74) is 0. The molecule has 0 spiro atoms. The number of halogens is 1. The lowest BCUT2D eigenvalue weighted by atomic mass is 10.3. The van der Waals surface area contributed by atoms with E-state index in [4.69, 9.17) is 11.6 Å². The zero-order valence-corrected chi connectivity index (χ0v) is 18.7. The van der Waals surface area contributed by atoms with Crippen molar-refractivity contribution in [3.8, 4) is 0 Å². The lowest BCUT2D eigenvalue weighted by Crippen LogP contribution is -2.54. The SMILES string of the molecule is O=C(CN1CCN(c2ncccn2)CC1)N1CCN(S(=O)(=O)c2ccccc2Cl)CC1. The van der Waals surface area contributed by atoms with Crippen LogP contribution in [-0.2, 0) is 14.8 Å². The summed E-state index contributed by atoms with van der Waals surface area (Å²) >= 11 is 6.08. The lowest BCUT2D eigenvalue weighted by molar-refractivity contribution is -0.133. The summed E-state index contributed by atoms with van der Waals surface area (Å²) < 4.78 is 27.1. The molecule has 0 N–H and O–H groups in total. The van der Waals surface area contributed by atoms with Crippen molar-refractivity contribution in [1.82, 2.24) is 24.1 Å². The van der Waals surface area contributed by atoms with E-state index in [9.17, 15) is 13.2 Å². The third kappa shape index (κ3) is 4.98. The molecule has 1 amide bonds. The van der Waals surface area contributed by atoms with Gasteiger partial charge in [0.2, 0.25) is 21.9 Å². The Labute approximate surface area is 187 Å². The van der Waals surface area contributed by atoms with Gasteiger partial charge in [0.25, 0.3) is 0 Å². The molecule has 0 bridgehead atoms. The highest BCUT2D eigenvalue weighted by atomic mass is 35.5. The number of benzene rings is 1. The van der Waals surface area contributed by atoms with Gasteiger partial charge in [0, 0.05) is 64.8 Å². The fourth-order valence-electron chi connectivity index (χ4n) is 3.82. The number of amides is 1. The standard InChI is InChI=1S/C20H25ClN6O3S/c21-17-4-1-2-5-18(17)31(29,30)27-14-12-25(13-15-27)19(28)16-24-8-10-26(11-9-24)20-22-6-3-7-23-20/h1-7H,8-16H2. The highest BCUT2D eigenvalue weighted by Crippen LogP contribution is 2.25. The van der Waals surface area contributed by atoms with Crippen LogP contribution in [0.15, 0.2) is 47.6 Å². The van der Waals surface area contributed by atoms with Crippen LogP contribution in [-0.4, -0.2) is 97.3 Å². The molecule has 2 aromatic rings. The summed E-state index contributed by atoms with van der Waals surface area (Å²) in [5, 5.41) is 0.209. The average molecular weight is 465 g/mol. The number of hydrogen-bond acceptors (Lipinski definition) is 7. The summed E-state index contributed by atoms with van der Waals surface area (Å²) in [4.78, 5) is 27.4. The van der Waals surface area contributed by atoms with Gasteiger partial charge in [-0.2, -0.15) is 4.31 Å². The first-order valence-corrected chi connectivity index (χ1v) is 12.0. The van der Waals surface area contributed by atoms with Crippen LogP contribution in [0.4, 0.5) is 5.95 Å². The summed E-state index contributed by atoms with van der Waals surface area (Å²) in [5.74, 6) is 0.739. The fraction of sp³-hybridized carbons (Fsp3) is 0.450. The molecule has 2 fully saturated rings. The largest absolute Gasteiger partial charge is 0.339 e. The van der Waals surface area contributed by atoms with E-state index in [0.29, 0.717) is 25.6 Å². The molecule has 2 aliphatic rings. The predicted molar refractivity (Wildman–Crippen MR) is 117 cm³/mol. The molecule has 1 aromatic carbocycles. The van der Waals surface area contributed by atoms with Gasteiger partial charge in [0.05, 0.1) is 11.6 Å². The van der Waals surface area contributed by atoms with Gasteiger partial charge in [-0.15, -0.1) is 0 Å². The van der Waals surface area contributed by atoms with Crippen molar-refractivity contribution >= 4 is 33.5 Å². The monoisotopic (exact) mass is 464 g/mol. The predicted octanol–water partition coefficient (Wildman–Crippen LogP) is 0.785. The first-order valence-electron chi connectivity index (χ1n) is 10.2. The molecule has 1 aromatic heterocycles. The van der Waals surface area contributed by atoms with Crippen molar-refractivity contribution < 1.29 is 13.2 Å². The number of sulfonamides is 1. The van der Waals surface area contributed by atoms with Crippen molar-refractivity contribution in [2.45, 2.75) is 4.90 Å². The topological polar surface area (TPSA) is 90.0 Å². The van der Waals surface area contributed by atoms with Crippen LogP contribution in [0, 0.1) is 0 Å². The number of hydrogen-bond donors (Lipinski definition) is 0. The minimum Gasteiger partial charge on any atom is -0.339 e. The van der Waals surface area contributed by atoms with Crippen LogP contribution in [0.5, 0.6) is 0 Å². The molecular formula is C20H25ClN6O3S. The first-order chi connectivity index (χ1) is 14.9. The molecule has 0 atom stereocenters. The van der Waals surface area contributed by atoms with Gasteiger partial charge in [-0.05, 0) is 18.2 Å². The van der Waals surface area contributed by atoms with E-state index in [2.05, 4.69) is 19.8 Å². The molecule has 9 nitrogen and oxygen atoms in total. The van der Waals surface area contributed by atoms with Crippen LogP contribution in [0.1, 0.15) is 0 Å². The molecular weight excluding hydrogens is 440 g/mol. The molecule has 2 aliphatic heterocycles. The molecule has 0 unspecified atom stereocenters. The molecule has 0 saturated carbocycles. The zero-order chi connectivity index (χ0) is 21.8. The summed E-state index contributed by atoms with van der Waals surface area (Å²) in [6.45, 7) is 4.65. The summed E-state index contributed by atoms with van der Waals surface area (Å²) in [6.07, 6.45) is 3.45. The maximum Gasteiger partial charge on any atom is 0.244 e. The first kappa shape index (κ1) is 21.9. The molecule has 4 rings (SSSR count). The fourth-order valence-corrected chi connectivity index (χ4v) is 5.74. The highest BCUT2D eigenvalue weighted by Gasteiger charge is 2.32. The van der Waals surface area contributed by atoms with Crippen molar-refractivity contribution in [3.05, 3.63) is 47.7 Å². The van der Waals surface area contributed by atoms with Crippen molar-refractivity contribution in [3.63, 3.8) is 0 Å².